The summed E-state index contributed by atoms with van der Waals surface area (Å²) in [6, 6.07) is 4.00. The summed E-state index contributed by atoms with van der Waals surface area (Å²) in [6.07, 6.45) is 5.16. The number of rotatable bonds is 5. The molecule has 158 valence electrons. The minimum Gasteiger partial charge on any atom is -0.480 e. The van der Waals surface area contributed by atoms with E-state index in [0.29, 0.717) is 0 Å². The monoisotopic (exact) mass is 433 g/mol. The number of halogens is 2. The summed E-state index contributed by atoms with van der Waals surface area (Å²) in [4.78, 5) is 32.0. The van der Waals surface area contributed by atoms with Gasteiger partial charge in [0.1, 0.15) is 6.54 Å². The topological polar surface area (TPSA) is 80.2 Å². The van der Waals surface area contributed by atoms with Crippen LogP contribution >= 0.6 is 24.8 Å². The fraction of sp³-hybridized carbons (Fsp3) is 0.611. The number of carbonyl (C=O) groups excluding carboxylic acids is 1. The lowest BCUT2D eigenvalue weighted by Gasteiger charge is -2.40. The van der Waals surface area contributed by atoms with Gasteiger partial charge in [0.05, 0.1) is 0 Å². The Bertz CT molecular complexity index is 621. The van der Waals surface area contributed by atoms with Gasteiger partial charge in [0, 0.05) is 70.3 Å². The van der Waals surface area contributed by atoms with Gasteiger partial charge in [-0.25, -0.2) is 10.0 Å². The summed E-state index contributed by atoms with van der Waals surface area (Å²) in [5.41, 5.74) is 1.15. The normalized spacial score (nSPS) is 18.4. The quantitative estimate of drug-likeness (QED) is 0.747. The number of carbonyl (C=O) groups is 2. The highest BCUT2D eigenvalue weighted by Crippen LogP contribution is 2.22. The zero-order valence-corrected chi connectivity index (χ0v) is 17.7. The lowest BCUT2D eigenvalue weighted by Crippen LogP contribution is -2.53. The van der Waals surface area contributed by atoms with Crippen LogP contribution in [0.5, 0.6) is 0 Å². The molecule has 10 heteroatoms. The van der Waals surface area contributed by atoms with E-state index in [1.54, 1.807) is 24.5 Å². The molecule has 3 heterocycles. The van der Waals surface area contributed by atoms with Gasteiger partial charge in [-0.15, -0.1) is 24.8 Å². The Balaban J connectivity index is 0.00000196. The summed E-state index contributed by atoms with van der Waals surface area (Å²) in [6.45, 7) is 4.65. The molecular formula is C18H29Cl2N5O3. The SMILES string of the molecule is CN(CC(=O)O)N1CCC(C(=O)N2CCN(c3ccncc3)CC2)CC1.Cl.Cl. The molecule has 1 aromatic heterocycles. The van der Waals surface area contributed by atoms with Crippen LogP contribution < -0.4 is 4.90 Å². The molecular weight excluding hydrogens is 405 g/mol. The van der Waals surface area contributed by atoms with Gasteiger partial charge < -0.3 is 14.9 Å². The molecule has 3 rings (SSSR count). The lowest BCUT2D eigenvalue weighted by molar-refractivity contribution is -0.146. The van der Waals surface area contributed by atoms with E-state index in [1.165, 1.54) is 0 Å². The molecule has 0 unspecified atom stereocenters. The van der Waals surface area contributed by atoms with Crippen molar-refractivity contribution in [1.29, 1.82) is 0 Å². The maximum Gasteiger partial charge on any atom is 0.319 e. The van der Waals surface area contributed by atoms with Gasteiger partial charge in [-0.1, -0.05) is 0 Å². The molecule has 2 fully saturated rings. The van der Waals surface area contributed by atoms with Crippen molar-refractivity contribution in [3.8, 4) is 0 Å². The number of aliphatic carboxylic acids is 1. The second kappa shape index (κ2) is 11.4. The first-order valence-electron chi connectivity index (χ1n) is 9.16. The highest BCUT2D eigenvalue weighted by Gasteiger charge is 2.31. The Kier molecular flexibility index (Phi) is 9.95. The van der Waals surface area contributed by atoms with Gasteiger partial charge in [0.15, 0.2) is 0 Å². The molecule has 2 aliphatic heterocycles. The fourth-order valence-corrected chi connectivity index (χ4v) is 3.75. The fourth-order valence-electron chi connectivity index (χ4n) is 3.75. The molecule has 2 aliphatic rings. The number of nitrogens with zero attached hydrogens (tertiary/aromatic N) is 5. The van der Waals surface area contributed by atoms with Crippen LogP contribution in [0.3, 0.4) is 0 Å². The first-order chi connectivity index (χ1) is 12.5. The number of piperazine rings is 1. The second-order valence-electron chi connectivity index (χ2n) is 6.96. The van der Waals surface area contributed by atoms with E-state index in [2.05, 4.69) is 9.88 Å². The van der Waals surface area contributed by atoms with Crippen molar-refractivity contribution in [2.75, 3.05) is 57.8 Å². The zero-order valence-electron chi connectivity index (χ0n) is 16.1. The predicted octanol–water partition coefficient (Wildman–Crippen LogP) is 1.22. The van der Waals surface area contributed by atoms with E-state index in [0.717, 1.165) is 57.8 Å². The Hall–Kier alpha value is -1.61. The van der Waals surface area contributed by atoms with Crippen LogP contribution in [0.2, 0.25) is 0 Å². The van der Waals surface area contributed by atoms with Crippen LogP contribution in [-0.4, -0.2) is 89.7 Å². The number of anilines is 1. The number of hydrazine groups is 1. The van der Waals surface area contributed by atoms with Crippen molar-refractivity contribution in [3.05, 3.63) is 24.5 Å². The van der Waals surface area contributed by atoms with Gasteiger partial charge in [-0.2, -0.15) is 0 Å². The van der Waals surface area contributed by atoms with E-state index in [9.17, 15) is 9.59 Å². The number of carboxylic acids is 1. The van der Waals surface area contributed by atoms with Gasteiger partial charge in [0.25, 0.3) is 0 Å². The molecule has 2 saturated heterocycles. The first kappa shape index (κ1) is 24.4. The van der Waals surface area contributed by atoms with E-state index in [4.69, 9.17) is 5.11 Å². The van der Waals surface area contributed by atoms with Crippen LogP contribution in [0.4, 0.5) is 5.69 Å². The summed E-state index contributed by atoms with van der Waals surface area (Å²) in [5.74, 6) is -0.533. The molecule has 28 heavy (non-hydrogen) atoms. The highest BCUT2D eigenvalue weighted by atomic mass is 35.5. The molecule has 1 N–H and O–H groups in total. The molecule has 1 amide bonds. The van der Waals surface area contributed by atoms with Crippen molar-refractivity contribution in [3.63, 3.8) is 0 Å². The van der Waals surface area contributed by atoms with E-state index >= 15 is 0 Å². The number of pyridine rings is 1. The lowest BCUT2D eigenvalue weighted by atomic mass is 9.95. The molecule has 0 aliphatic carbocycles. The molecule has 8 nitrogen and oxygen atoms in total. The maximum absolute atomic E-state index is 12.8. The average Bonchev–Trinajstić information content (AvgIpc) is 2.68. The van der Waals surface area contributed by atoms with Gasteiger partial charge in [0.2, 0.25) is 5.91 Å². The number of likely N-dealkylation sites (N-methyl/N-ethyl adjacent to an activating group) is 1. The van der Waals surface area contributed by atoms with Crippen molar-refractivity contribution in [2.45, 2.75) is 12.8 Å². The number of carboxylic acid groups (broad SMARTS) is 1. The average molecular weight is 434 g/mol. The second-order valence-corrected chi connectivity index (χ2v) is 6.96. The summed E-state index contributed by atoms with van der Waals surface area (Å²) in [5, 5.41) is 12.7. The first-order valence-corrected chi connectivity index (χ1v) is 9.16. The maximum atomic E-state index is 12.8. The summed E-state index contributed by atoms with van der Waals surface area (Å²) in [7, 11) is 1.79. The van der Waals surface area contributed by atoms with Crippen LogP contribution in [-0.2, 0) is 9.59 Å². The molecule has 0 saturated carbocycles. The number of hydrogen-bond acceptors (Lipinski definition) is 6. The number of piperidine rings is 1. The van der Waals surface area contributed by atoms with Crippen molar-refractivity contribution in [2.24, 2.45) is 5.92 Å². The molecule has 0 radical (unpaired) electrons. The van der Waals surface area contributed by atoms with Crippen molar-refractivity contribution >= 4 is 42.4 Å². The van der Waals surface area contributed by atoms with Crippen molar-refractivity contribution < 1.29 is 14.7 Å². The number of hydrogen-bond donors (Lipinski definition) is 1. The van der Waals surface area contributed by atoms with Gasteiger partial charge in [-0.3, -0.25) is 14.6 Å². The van der Waals surface area contributed by atoms with E-state index in [-0.39, 0.29) is 43.2 Å². The Morgan fingerprint density at radius 2 is 1.64 bits per heavy atom. The molecule has 0 bridgehead atoms. The third-order valence-electron chi connectivity index (χ3n) is 5.29. The Morgan fingerprint density at radius 3 is 2.18 bits per heavy atom. The molecule has 1 aromatic rings. The number of amides is 1. The largest absolute Gasteiger partial charge is 0.480 e. The van der Waals surface area contributed by atoms with Crippen LogP contribution in [0.15, 0.2) is 24.5 Å². The van der Waals surface area contributed by atoms with Gasteiger partial charge >= 0.3 is 5.97 Å². The number of aromatic nitrogens is 1. The van der Waals surface area contributed by atoms with Crippen LogP contribution in [0.25, 0.3) is 0 Å². The molecule has 0 aromatic carbocycles. The predicted molar refractivity (Wildman–Crippen MR) is 112 cm³/mol. The van der Waals surface area contributed by atoms with Crippen molar-refractivity contribution in [1.82, 2.24) is 19.9 Å². The Labute approximate surface area is 178 Å². The van der Waals surface area contributed by atoms with E-state index in [1.807, 2.05) is 22.0 Å². The summed E-state index contributed by atoms with van der Waals surface area (Å²) < 4.78 is 0. The summed E-state index contributed by atoms with van der Waals surface area (Å²) >= 11 is 0. The minimum atomic E-state index is -0.835. The zero-order chi connectivity index (χ0) is 18.5. The minimum absolute atomic E-state index is 0. The Morgan fingerprint density at radius 1 is 1.07 bits per heavy atom. The smallest absolute Gasteiger partial charge is 0.319 e. The standard InChI is InChI=1S/C18H27N5O3.2ClH/c1-20(14-17(24)25)23-8-4-15(5-9-23)18(26)22-12-10-21(11-13-22)16-2-6-19-7-3-16;;/h2-3,6-7,15H,4-5,8-14H2,1H3,(H,24,25);2*1H. The van der Waals surface area contributed by atoms with Gasteiger partial charge in [-0.05, 0) is 25.0 Å². The van der Waals surface area contributed by atoms with Crippen LogP contribution in [0.1, 0.15) is 12.8 Å². The third-order valence-corrected chi connectivity index (χ3v) is 5.29. The van der Waals surface area contributed by atoms with E-state index < -0.39 is 5.97 Å². The third kappa shape index (κ3) is 6.20. The van der Waals surface area contributed by atoms with Crippen LogP contribution in [0, 0.1) is 5.92 Å². The molecule has 0 spiro atoms. The highest BCUT2D eigenvalue weighted by molar-refractivity contribution is 5.85. The molecule has 0 atom stereocenters.